The van der Waals surface area contributed by atoms with Crippen LogP contribution in [0.5, 0.6) is 5.75 Å². The Balaban J connectivity index is 1.58. The van der Waals surface area contributed by atoms with Crippen molar-refractivity contribution in [2.24, 2.45) is 0 Å². The second kappa shape index (κ2) is 9.41. The maximum atomic E-state index is 5.24. The average Bonchev–Trinajstić information content (AvgIpc) is 2.71. The summed E-state index contributed by atoms with van der Waals surface area (Å²) in [5.74, 6) is 2.57. The van der Waals surface area contributed by atoms with Crippen LogP contribution in [0, 0.1) is 6.92 Å². The van der Waals surface area contributed by atoms with E-state index in [0.717, 1.165) is 63.0 Å². The highest BCUT2D eigenvalue weighted by Crippen LogP contribution is 2.22. The van der Waals surface area contributed by atoms with Gasteiger partial charge >= 0.3 is 0 Å². The fourth-order valence-electron chi connectivity index (χ4n) is 3.20. The Morgan fingerprint density at radius 3 is 2.37 bits per heavy atom. The second-order valence-electron chi connectivity index (χ2n) is 6.64. The third-order valence-corrected chi connectivity index (χ3v) is 4.69. The zero-order valence-corrected chi connectivity index (χ0v) is 16.4. The number of aromatic nitrogens is 2. The van der Waals surface area contributed by atoms with E-state index >= 15 is 0 Å². The standard InChI is InChI=1S/C20H29N5O2/c1-16-15-19(23-20(22-16)21-9-4-14-26-2)25-12-10-24(11-13-25)17-5-7-18(27-3)8-6-17/h5-8,15H,4,9-14H2,1-3H3,(H,21,22,23). The number of hydrogen-bond donors (Lipinski definition) is 1. The predicted molar refractivity (Wildman–Crippen MR) is 109 cm³/mol. The van der Waals surface area contributed by atoms with Crippen molar-refractivity contribution < 1.29 is 9.47 Å². The molecule has 0 atom stereocenters. The van der Waals surface area contributed by atoms with Gasteiger partial charge in [-0.25, -0.2) is 4.98 Å². The maximum Gasteiger partial charge on any atom is 0.224 e. The van der Waals surface area contributed by atoms with Gasteiger partial charge in [0.25, 0.3) is 0 Å². The number of nitrogens with one attached hydrogen (secondary N) is 1. The quantitative estimate of drug-likeness (QED) is 0.716. The summed E-state index contributed by atoms with van der Waals surface area (Å²) in [5.41, 5.74) is 2.21. The largest absolute Gasteiger partial charge is 0.497 e. The highest BCUT2D eigenvalue weighted by atomic mass is 16.5. The summed E-state index contributed by atoms with van der Waals surface area (Å²) in [4.78, 5) is 13.9. The number of piperazine rings is 1. The SMILES string of the molecule is COCCCNc1nc(C)cc(N2CCN(c3ccc(OC)cc3)CC2)n1. The fraction of sp³-hybridized carbons (Fsp3) is 0.500. The molecule has 0 aliphatic carbocycles. The van der Waals surface area contributed by atoms with E-state index < -0.39 is 0 Å². The molecule has 0 radical (unpaired) electrons. The number of aryl methyl sites for hydroxylation is 1. The smallest absolute Gasteiger partial charge is 0.224 e. The molecule has 3 rings (SSSR count). The van der Waals surface area contributed by atoms with Crippen LogP contribution in [0.15, 0.2) is 30.3 Å². The number of nitrogens with zero attached hydrogens (tertiary/aromatic N) is 4. The molecular formula is C20H29N5O2. The van der Waals surface area contributed by atoms with E-state index in [1.54, 1.807) is 14.2 Å². The van der Waals surface area contributed by atoms with Crippen molar-refractivity contribution in [2.75, 3.05) is 68.7 Å². The molecule has 1 aromatic heterocycles. The fourth-order valence-corrected chi connectivity index (χ4v) is 3.20. The Hall–Kier alpha value is -2.54. The van der Waals surface area contributed by atoms with Crippen LogP contribution < -0.4 is 19.9 Å². The number of methoxy groups -OCH3 is 2. The Morgan fingerprint density at radius 1 is 1.00 bits per heavy atom. The van der Waals surface area contributed by atoms with Gasteiger partial charge in [0.15, 0.2) is 0 Å². The van der Waals surface area contributed by atoms with Crippen LogP contribution in [0.25, 0.3) is 0 Å². The van der Waals surface area contributed by atoms with Gasteiger partial charge in [0, 0.05) is 63.9 Å². The molecule has 7 heteroatoms. The van der Waals surface area contributed by atoms with Gasteiger partial charge in [-0.2, -0.15) is 4.98 Å². The molecule has 0 unspecified atom stereocenters. The van der Waals surface area contributed by atoms with Crippen molar-refractivity contribution in [1.29, 1.82) is 0 Å². The van der Waals surface area contributed by atoms with Crippen molar-refractivity contribution in [3.63, 3.8) is 0 Å². The lowest BCUT2D eigenvalue weighted by atomic mass is 10.2. The lowest BCUT2D eigenvalue weighted by Gasteiger charge is -2.37. The summed E-state index contributed by atoms with van der Waals surface area (Å²) in [6.45, 7) is 7.36. The van der Waals surface area contributed by atoms with Crippen molar-refractivity contribution >= 4 is 17.5 Å². The van der Waals surface area contributed by atoms with E-state index in [0.29, 0.717) is 5.95 Å². The van der Waals surface area contributed by atoms with Gasteiger partial charge in [-0.15, -0.1) is 0 Å². The molecule has 27 heavy (non-hydrogen) atoms. The molecule has 1 N–H and O–H groups in total. The number of anilines is 3. The first-order valence-corrected chi connectivity index (χ1v) is 9.42. The molecule has 1 aromatic carbocycles. The first kappa shape index (κ1) is 19.2. The summed E-state index contributed by atoms with van der Waals surface area (Å²) in [5, 5.41) is 3.29. The summed E-state index contributed by atoms with van der Waals surface area (Å²) < 4.78 is 10.3. The predicted octanol–water partition coefficient (Wildman–Crippen LogP) is 2.57. The van der Waals surface area contributed by atoms with Crippen LogP contribution in [0.2, 0.25) is 0 Å². The minimum Gasteiger partial charge on any atom is -0.497 e. The lowest BCUT2D eigenvalue weighted by Crippen LogP contribution is -2.46. The minimum atomic E-state index is 0.693. The van der Waals surface area contributed by atoms with Crippen LogP contribution in [0.3, 0.4) is 0 Å². The van der Waals surface area contributed by atoms with Crippen LogP contribution in [-0.4, -0.2) is 63.5 Å². The van der Waals surface area contributed by atoms with Crippen molar-refractivity contribution in [3.05, 3.63) is 36.0 Å². The van der Waals surface area contributed by atoms with E-state index in [1.165, 1.54) is 5.69 Å². The van der Waals surface area contributed by atoms with Gasteiger partial charge < -0.3 is 24.6 Å². The van der Waals surface area contributed by atoms with Crippen molar-refractivity contribution in [3.8, 4) is 5.75 Å². The van der Waals surface area contributed by atoms with Gasteiger partial charge in [0.05, 0.1) is 7.11 Å². The Kier molecular flexibility index (Phi) is 6.70. The normalized spacial score (nSPS) is 14.3. The number of hydrogen-bond acceptors (Lipinski definition) is 7. The second-order valence-corrected chi connectivity index (χ2v) is 6.64. The lowest BCUT2D eigenvalue weighted by molar-refractivity contribution is 0.197. The molecule has 1 saturated heterocycles. The van der Waals surface area contributed by atoms with E-state index in [-0.39, 0.29) is 0 Å². The van der Waals surface area contributed by atoms with Gasteiger partial charge in [0.2, 0.25) is 5.95 Å². The highest BCUT2D eigenvalue weighted by Gasteiger charge is 2.19. The van der Waals surface area contributed by atoms with Crippen molar-refractivity contribution in [1.82, 2.24) is 9.97 Å². The van der Waals surface area contributed by atoms with Gasteiger partial charge in [0.1, 0.15) is 11.6 Å². The molecule has 0 spiro atoms. The molecule has 1 aliphatic rings. The number of rotatable bonds is 8. The first-order chi connectivity index (χ1) is 13.2. The topological polar surface area (TPSA) is 62.8 Å². The zero-order valence-electron chi connectivity index (χ0n) is 16.4. The molecule has 1 aliphatic heterocycles. The van der Waals surface area contributed by atoms with E-state index in [1.807, 2.05) is 19.1 Å². The number of benzene rings is 1. The monoisotopic (exact) mass is 371 g/mol. The third kappa shape index (κ3) is 5.23. The van der Waals surface area contributed by atoms with E-state index in [9.17, 15) is 0 Å². The zero-order chi connectivity index (χ0) is 19.1. The summed E-state index contributed by atoms with van der Waals surface area (Å²) >= 11 is 0. The summed E-state index contributed by atoms with van der Waals surface area (Å²) in [6.07, 6.45) is 0.934. The molecule has 0 saturated carbocycles. The van der Waals surface area contributed by atoms with Crippen LogP contribution >= 0.6 is 0 Å². The van der Waals surface area contributed by atoms with Crippen LogP contribution in [0.4, 0.5) is 17.5 Å². The Bertz CT molecular complexity index is 715. The Morgan fingerprint density at radius 2 is 1.70 bits per heavy atom. The van der Waals surface area contributed by atoms with Crippen LogP contribution in [0.1, 0.15) is 12.1 Å². The molecule has 146 valence electrons. The molecule has 0 bridgehead atoms. The average molecular weight is 371 g/mol. The maximum absolute atomic E-state index is 5.24. The summed E-state index contributed by atoms with van der Waals surface area (Å²) in [7, 11) is 3.41. The molecule has 0 amide bonds. The molecule has 7 nitrogen and oxygen atoms in total. The molecule has 1 fully saturated rings. The molecule has 2 heterocycles. The highest BCUT2D eigenvalue weighted by molar-refractivity contribution is 5.52. The summed E-state index contributed by atoms with van der Waals surface area (Å²) in [6, 6.07) is 10.3. The first-order valence-electron chi connectivity index (χ1n) is 9.42. The van der Waals surface area contributed by atoms with Gasteiger partial charge in [-0.1, -0.05) is 0 Å². The van der Waals surface area contributed by atoms with E-state index in [2.05, 4.69) is 38.3 Å². The van der Waals surface area contributed by atoms with E-state index in [4.69, 9.17) is 14.5 Å². The van der Waals surface area contributed by atoms with Gasteiger partial charge in [-0.3, -0.25) is 0 Å². The molecular weight excluding hydrogens is 342 g/mol. The third-order valence-electron chi connectivity index (χ3n) is 4.69. The molecule has 2 aromatic rings. The van der Waals surface area contributed by atoms with Gasteiger partial charge in [-0.05, 0) is 37.6 Å². The number of ether oxygens (including phenoxy) is 2. The minimum absolute atomic E-state index is 0.693. The Labute approximate surface area is 161 Å². The van der Waals surface area contributed by atoms with Crippen LogP contribution in [-0.2, 0) is 4.74 Å². The van der Waals surface area contributed by atoms with Crippen molar-refractivity contribution in [2.45, 2.75) is 13.3 Å².